The van der Waals surface area contributed by atoms with E-state index in [0.29, 0.717) is 11.7 Å². The van der Waals surface area contributed by atoms with Crippen molar-refractivity contribution >= 4 is 23.5 Å². The van der Waals surface area contributed by atoms with E-state index in [4.69, 9.17) is 5.11 Å². The minimum atomic E-state index is -0.934. The molecule has 0 aromatic carbocycles. The fourth-order valence-electron chi connectivity index (χ4n) is 1.70. The summed E-state index contributed by atoms with van der Waals surface area (Å²) in [5, 5.41) is 12.1. The minimum Gasteiger partial charge on any atom is -0.478 e. The fraction of sp³-hybridized carbons (Fsp3) is 0.455. The third-order valence-electron chi connectivity index (χ3n) is 2.62. The van der Waals surface area contributed by atoms with E-state index in [-0.39, 0.29) is 5.56 Å². The zero-order valence-electron chi connectivity index (χ0n) is 8.85. The molecule has 1 atom stereocenters. The molecular formula is C11H14N2O2S. The van der Waals surface area contributed by atoms with Gasteiger partial charge in [-0.1, -0.05) is 0 Å². The summed E-state index contributed by atoms with van der Waals surface area (Å²) in [6.45, 7) is 0.810. The Morgan fingerprint density at radius 1 is 1.69 bits per heavy atom. The van der Waals surface area contributed by atoms with Gasteiger partial charge in [0.05, 0.1) is 0 Å². The van der Waals surface area contributed by atoms with Gasteiger partial charge >= 0.3 is 5.97 Å². The predicted octanol–water partition coefficient (Wildman–Crippen LogP) is 1.94. The molecule has 2 heterocycles. The van der Waals surface area contributed by atoms with Crippen molar-refractivity contribution in [3.8, 4) is 0 Å². The van der Waals surface area contributed by atoms with E-state index in [1.165, 1.54) is 12.2 Å². The molecule has 1 unspecified atom stereocenters. The number of carbonyl (C=O) groups is 1. The van der Waals surface area contributed by atoms with Gasteiger partial charge in [0.2, 0.25) is 0 Å². The molecule has 1 aliphatic rings. The summed E-state index contributed by atoms with van der Waals surface area (Å²) in [7, 11) is 0. The standard InChI is InChI=1S/C11H14N2O2S/c14-11(15)9-2-1-4-12-10(9)13-6-8-3-5-16-7-8/h1-2,4,8H,3,5-7H2,(H,12,13)(H,14,15). The van der Waals surface area contributed by atoms with Crippen LogP contribution in [0.3, 0.4) is 0 Å². The molecule has 0 spiro atoms. The molecule has 0 saturated carbocycles. The van der Waals surface area contributed by atoms with Crippen molar-refractivity contribution in [2.24, 2.45) is 5.92 Å². The molecule has 1 aliphatic heterocycles. The molecule has 0 radical (unpaired) electrons. The van der Waals surface area contributed by atoms with E-state index in [0.717, 1.165) is 12.3 Å². The monoisotopic (exact) mass is 238 g/mol. The van der Waals surface area contributed by atoms with Gasteiger partial charge in [0.15, 0.2) is 0 Å². The highest BCUT2D eigenvalue weighted by atomic mass is 32.2. The zero-order valence-corrected chi connectivity index (χ0v) is 9.67. The second-order valence-corrected chi connectivity index (χ2v) is 4.97. The molecule has 2 N–H and O–H groups in total. The number of nitrogens with one attached hydrogen (secondary N) is 1. The molecule has 2 rings (SSSR count). The van der Waals surface area contributed by atoms with Crippen LogP contribution in [0.4, 0.5) is 5.82 Å². The van der Waals surface area contributed by atoms with Crippen LogP contribution in [0.1, 0.15) is 16.8 Å². The van der Waals surface area contributed by atoms with E-state index >= 15 is 0 Å². The fourth-order valence-corrected chi connectivity index (χ4v) is 2.99. The Kier molecular flexibility index (Phi) is 3.66. The number of carboxylic acids is 1. The average molecular weight is 238 g/mol. The maximum Gasteiger partial charge on any atom is 0.339 e. The number of carboxylic acid groups (broad SMARTS) is 1. The molecule has 1 fully saturated rings. The quantitative estimate of drug-likeness (QED) is 0.839. The van der Waals surface area contributed by atoms with E-state index < -0.39 is 5.97 Å². The first-order valence-electron chi connectivity index (χ1n) is 5.27. The van der Waals surface area contributed by atoms with Gasteiger partial charge in [0.25, 0.3) is 0 Å². The lowest BCUT2D eigenvalue weighted by molar-refractivity contribution is 0.0697. The number of aromatic nitrogens is 1. The Hall–Kier alpha value is -1.23. The zero-order chi connectivity index (χ0) is 11.4. The minimum absolute atomic E-state index is 0.244. The van der Waals surface area contributed by atoms with Gasteiger partial charge in [0.1, 0.15) is 11.4 Å². The highest BCUT2D eigenvalue weighted by Gasteiger charge is 2.16. The van der Waals surface area contributed by atoms with Gasteiger partial charge in [-0.05, 0) is 36.0 Å². The number of hydrogen-bond acceptors (Lipinski definition) is 4. The van der Waals surface area contributed by atoms with Gasteiger partial charge < -0.3 is 10.4 Å². The summed E-state index contributed by atoms with van der Waals surface area (Å²) in [5.74, 6) is 2.54. The third-order valence-corrected chi connectivity index (χ3v) is 3.85. The molecule has 0 bridgehead atoms. The van der Waals surface area contributed by atoms with Crippen LogP contribution in [0.25, 0.3) is 0 Å². The van der Waals surface area contributed by atoms with Crippen molar-refractivity contribution in [1.82, 2.24) is 4.98 Å². The van der Waals surface area contributed by atoms with Crippen LogP contribution in [0.15, 0.2) is 18.3 Å². The summed E-state index contributed by atoms with van der Waals surface area (Å²) in [5.41, 5.74) is 0.244. The lowest BCUT2D eigenvalue weighted by Crippen LogP contribution is -2.16. The average Bonchev–Trinajstić information content (AvgIpc) is 2.79. The van der Waals surface area contributed by atoms with Gasteiger partial charge in [-0.2, -0.15) is 11.8 Å². The van der Waals surface area contributed by atoms with Crippen molar-refractivity contribution < 1.29 is 9.90 Å². The molecule has 5 heteroatoms. The third kappa shape index (κ3) is 2.66. The summed E-state index contributed by atoms with van der Waals surface area (Å²) in [6.07, 6.45) is 2.81. The number of rotatable bonds is 4. The maximum atomic E-state index is 10.9. The molecule has 1 saturated heterocycles. The predicted molar refractivity (Wildman–Crippen MR) is 65.1 cm³/mol. The molecule has 1 aromatic rings. The number of anilines is 1. The number of nitrogens with zero attached hydrogens (tertiary/aromatic N) is 1. The van der Waals surface area contributed by atoms with Crippen LogP contribution in [-0.2, 0) is 0 Å². The number of thioether (sulfide) groups is 1. The summed E-state index contributed by atoms with van der Waals surface area (Å²) in [6, 6.07) is 3.21. The Labute approximate surface area is 98.5 Å². The summed E-state index contributed by atoms with van der Waals surface area (Å²) < 4.78 is 0. The molecular weight excluding hydrogens is 224 g/mol. The lowest BCUT2D eigenvalue weighted by atomic mass is 10.1. The van der Waals surface area contributed by atoms with Crippen LogP contribution < -0.4 is 5.32 Å². The Morgan fingerprint density at radius 3 is 3.25 bits per heavy atom. The van der Waals surface area contributed by atoms with Crippen molar-refractivity contribution in [2.75, 3.05) is 23.4 Å². The second-order valence-electron chi connectivity index (χ2n) is 3.82. The van der Waals surface area contributed by atoms with Gasteiger partial charge in [-0.3, -0.25) is 0 Å². The largest absolute Gasteiger partial charge is 0.478 e. The molecule has 0 aliphatic carbocycles. The Morgan fingerprint density at radius 2 is 2.56 bits per heavy atom. The number of aromatic carboxylic acids is 1. The van der Waals surface area contributed by atoms with E-state index in [1.54, 1.807) is 18.3 Å². The Balaban J connectivity index is 2.00. The SMILES string of the molecule is O=C(O)c1cccnc1NCC1CCSC1. The topological polar surface area (TPSA) is 62.2 Å². The molecule has 0 amide bonds. The second kappa shape index (κ2) is 5.21. The highest BCUT2D eigenvalue weighted by molar-refractivity contribution is 7.99. The van der Waals surface area contributed by atoms with Crippen LogP contribution in [0.2, 0.25) is 0 Å². The molecule has 16 heavy (non-hydrogen) atoms. The van der Waals surface area contributed by atoms with Crippen LogP contribution in [-0.4, -0.2) is 34.1 Å². The van der Waals surface area contributed by atoms with Crippen molar-refractivity contribution in [3.05, 3.63) is 23.9 Å². The molecule has 4 nitrogen and oxygen atoms in total. The van der Waals surface area contributed by atoms with Gasteiger partial charge in [0, 0.05) is 12.7 Å². The first kappa shape index (κ1) is 11.3. The summed E-state index contributed by atoms with van der Waals surface area (Å²) in [4.78, 5) is 15.0. The van der Waals surface area contributed by atoms with Crippen molar-refractivity contribution in [1.29, 1.82) is 0 Å². The van der Waals surface area contributed by atoms with Crippen molar-refractivity contribution in [3.63, 3.8) is 0 Å². The van der Waals surface area contributed by atoms with E-state index in [1.807, 2.05) is 11.8 Å². The lowest BCUT2D eigenvalue weighted by Gasteiger charge is -2.11. The van der Waals surface area contributed by atoms with Gasteiger partial charge in [-0.15, -0.1) is 0 Å². The first-order chi connectivity index (χ1) is 7.77. The highest BCUT2D eigenvalue weighted by Crippen LogP contribution is 2.23. The molecule has 1 aromatic heterocycles. The summed E-state index contributed by atoms with van der Waals surface area (Å²) >= 11 is 1.95. The van der Waals surface area contributed by atoms with E-state index in [2.05, 4.69) is 10.3 Å². The smallest absolute Gasteiger partial charge is 0.339 e. The van der Waals surface area contributed by atoms with Crippen molar-refractivity contribution in [2.45, 2.75) is 6.42 Å². The van der Waals surface area contributed by atoms with Gasteiger partial charge in [-0.25, -0.2) is 9.78 Å². The van der Waals surface area contributed by atoms with Crippen LogP contribution in [0.5, 0.6) is 0 Å². The normalized spacial score (nSPS) is 19.6. The van der Waals surface area contributed by atoms with E-state index in [9.17, 15) is 4.79 Å². The van der Waals surface area contributed by atoms with Crippen LogP contribution >= 0.6 is 11.8 Å². The Bertz CT molecular complexity index is 378. The number of hydrogen-bond donors (Lipinski definition) is 2. The molecule has 86 valence electrons. The maximum absolute atomic E-state index is 10.9. The van der Waals surface area contributed by atoms with Crippen LogP contribution in [0, 0.1) is 5.92 Å². The first-order valence-corrected chi connectivity index (χ1v) is 6.43. The number of pyridine rings is 1.